The van der Waals surface area contributed by atoms with E-state index in [4.69, 9.17) is 11.5 Å². The highest BCUT2D eigenvalue weighted by atomic mass is 16.2. The molecule has 2 aromatic carbocycles. The third-order valence-electron chi connectivity index (χ3n) is 9.48. The average molecular weight is 662 g/mol. The topological polar surface area (TPSA) is 172 Å². The van der Waals surface area contributed by atoms with E-state index >= 15 is 0 Å². The summed E-state index contributed by atoms with van der Waals surface area (Å²) >= 11 is 0. The Morgan fingerprint density at radius 1 is 0.771 bits per heavy atom. The molecule has 4 amide bonds. The van der Waals surface area contributed by atoms with Crippen molar-refractivity contribution in [3.8, 4) is 0 Å². The predicted octanol–water partition coefficient (Wildman–Crippen LogP) is 1.64. The fourth-order valence-corrected chi connectivity index (χ4v) is 6.71. The number of amides is 4. The van der Waals surface area contributed by atoms with Crippen LogP contribution in [0.4, 0.5) is 0 Å². The minimum absolute atomic E-state index is 0.0732. The van der Waals surface area contributed by atoms with E-state index in [-0.39, 0.29) is 23.7 Å². The molecule has 2 saturated heterocycles. The molecule has 2 fully saturated rings. The summed E-state index contributed by atoms with van der Waals surface area (Å²) in [6, 6.07) is 15.4. The van der Waals surface area contributed by atoms with Gasteiger partial charge in [-0.15, -0.1) is 0 Å². The van der Waals surface area contributed by atoms with Crippen LogP contribution < -0.4 is 32.7 Å². The Kier molecular flexibility index (Phi) is 14.0. The second kappa shape index (κ2) is 18.1. The smallest absolute Gasteiger partial charge is 0.245 e. The number of carbonyl (C=O) groups excluding carboxylic acids is 4. The molecule has 0 saturated carbocycles. The first-order chi connectivity index (χ1) is 23.1. The Hall–Kier alpha value is -3.80. The Morgan fingerprint density at radius 3 is 1.90 bits per heavy atom. The lowest BCUT2D eigenvalue weighted by atomic mass is 9.72. The van der Waals surface area contributed by atoms with Gasteiger partial charge in [0.2, 0.25) is 23.6 Å². The molecule has 0 bridgehead atoms. The molecular weight excluding hydrogens is 606 g/mol. The van der Waals surface area contributed by atoms with Gasteiger partial charge in [-0.05, 0) is 81.6 Å². The van der Waals surface area contributed by atoms with Crippen molar-refractivity contribution in [2.45, 2.75) is 89.4 Å². The molecule has 2 aliphatic heterocycles. The van der Waals surface area contributed by atoms with Crippen molar-refractivity contribution in [2.24, 2.45) is 22.8 Å². The number of rotatable bonds is 17. The van der Waals surface area contributed by atoms with Crippen molar-refractivity contribution < 1.29 is 19.2 Å². The highest BCUT2D eigenvalue weighted by Crippen LogP contribution is 2.39. The number of benzene rings is 2. The Balaban J connectivity index is 1.45. The maximum atomic E-state index is 13.9. The Bertz CT molecular complexity index is 1330. The molecule has 0 aromatic heterocycles. The van der Waals surface area contributed by atoms with E-state index < -0.39 is 41.9 Å². The number of nitrogens with one attached hydrogen (secondary N) is 4. The van der Waals surface area contributed by atoms with E-state index in [0.717, 1.165) is 43.5 Å². The number of likely N-dealkylation sites (tertiary alicyclic amines) is 1. The van der Waals surface area contributed by atoms with Crippen molar-refractivity contribution in [1.29, 1.82) is 0 Å². The van der Waals surface area contributed by atoms with Gasteiger partial charge in [-0.25, -0.2) is 0 Å². The number of nitrogens with zero attached hydrogens (tertiary/aromatic N) is 1. The number of unbranched alkanes of at least 4 members (excludes halogenated alkanes) is 1. The molecule has 11 nitrogen and oxygen atoms in total. The van der Waals surface area contributed by atoms with Crippen LogP contribution in [0.15, 0.2) is 60.7 Å². The lowest BCUT2D eigenvalue weighted by molar-refractivity contribution is -0.149. The summed E-state index contributed by atoms with van der Waals surface area (Å²) in [6.07, 6.45) is 4.91. The Labute approximate surface area is 285 Å². The predicted molar refractivity (Wildman–Crippen MR) is 188 cm³/mol. The first-order valence-electron chi connectivity index (χ1n) is 17.5. The lowest BCUT2D eigenvalue weighted by Gasteiger charge is -2.53. The van der Waals surface area contributed by atoms with Crippen molar-refractivity contribution >= 4 is 23.6 Å². The van der Waals surface area contributed by atoms with E-state index in [2.05, 4.69) is 21.3 Å². The van der Waals surface area contributed by atoms with Crippen molar-refractivity contribution in [3.05, 3.63) is 71.8 Å². The molecule has 2 heterocycles. The summed E-state index contributed by atoms with van der Waals surface area (Å²) < 4.78 is 0. The molecule has 8 N–H and O–H groups in total. The van der Waals surface area contributed by atoms with Crippen molar-refractivity contribution in [1.82, 2.24) is 26.2 Å². The fraction of sp³-hybridized carbons (Fsp3) is 0.568. The molecule has 262 valence electrons. The van der Waals surface area contributed by atoms with Crippen LogP contribution in [0.5, 0.6) is 0 Å². The minimum atomic E-state index is -0.964. The summed E-state index contributed by atoms with van der Waals surface area (Å²) in [5, 5.41) is 12.2. The molecule has 4 atom stereocenters. The van der Waals surface area contributed by atoms with E-state index in [1.54, 1.807) is 0 Å². The van der Waals surface area contributed by atoms with Crippen molar-refractivity contribution in [3.63, 3.8) is 0 Å². The summed E-state index contributed by atoms with van der Waals surface area (Å²) in [7, 11) is 0. The first-order valence-corrected chi connectivity index (χ1v) is 17.5. The number of nitrogens with two attached hydrogens (primary N) is 2. The van der Waals surface area contributed by atoms with E-state index in [1.807, 2.05) is 79.4 Å². The zero-order valence-electron chi connectivity index (χ0n) is 28.6. The summed E-state index contributed by atoms with van der Waals surface area (Å²) in [5.41, 5.74) is 13.9. The van der Waals surface area contributed by atoms with Gasteiger partial charge in [-0.1, -0.05) is 74.5 Å². The molecule has 11 heteroatoms. The first kappa shape index (κ1) is 37.0. The molecule has 0 radical (unpaired) electrons. The van der Waals surface area contributed by atoms with E-state index in [0.29, 0.717) is 45.3 Å². The van der Waals surface area contributed by atoms with Gasteiger partial charge < -0.3 is 37.6 Å². The van der Waals surface area contributed by atoms with E-state index in [1.165, 1.54) is 0 Å². The standard InChI is InChI=1S/C37H55N7O4/c1-26(2)21-31(34(46)41-30(15-9-10-18-38)36(48)44-24-37(25-44)16-19-40-20-17-37)43-35(47)32(23-28-13-7-4-8-14-28)42-33(45)29(39)22-27-11-5-3-6-12-27/h3-8,11-14,26,29-32,40H,9-10,15-25,38-39H2,1-2H3,(H,41,46)(H,42,45)(H,43,47)/t29-,30-,31-,32-/m1/s1. The number of carbonyl (C=O) groups is 4. The highest BCUT2D eigenvalue weighted by molar-refractivity contribution is 5.95. The molecule has 2 aromatic rings. The average Bonchev–Trinajstić information content (AvgIpc) is 3.06. The van der Waals surface area contributed by atoms with Crippen LogP contribution in [-0.2, 0) is 32.0 Å². The van der Waals surface area contributed by atoms with Gasteiger partial charge in [0.05, 0.1) is 6.04 Å². The zero-order chi connectivity index (χ0) is 34.5. The second-order valence-electron chi connectivity index (χ2n) is 14.0. The van der Waals surface area contributed by atoms with Gasteiger partial charge in [0.25, 0.3) is 0 Å². The molecule has 4 rings (SSSR count). The van der Waals surface area contributed by atoms with Crippen LogP contribution in [0.1, 0.15) is 63.5 Å². The maximum absolute atomic E-state index is 13.9. The summed E-state index contributed by atoms with van der Waals surface area (Å²) in [6.45, 7) is 7.78. The lowest BCUT2D eigenvalue weighted by Crippen LogP contribution is -2.65. The SMILES string of the molecule is CC(C)C[C@@H](NC(=O)[C@@H](Cc1ccccc1)NC(=O)[C@H](N)Cc1ccccc1)C(=O)N[C@H](CCCCN)C(=O)N1CC2(CCNCC2)C1. The largest absolute Gasteiger partial charge is 0.343 e. The maximum Gasteiger partial charge on any atom is 0.245 e. The van der Waals surface area contributed by atoms with E-state index in [9.17, 15) is 19.2 Å². The van der Waals surface area contributed by atoms with Crippen LogP contribution in [0, 0.1) is 11.3 Å². The zero-order valence-corrected chi connectivity index (χ0v) is 28.6. The monoisotopic (exact) mass is 661 g/mol. The van der Waals surface area contributed by atoms with Crippen LogP contribution in [0.2, 0.25) is 0 Å². The van der Waals surface area contributed by atoms with Crippen LogP contribution >= 0.6 is 0 Å². The van der Waals surface area contributed by atoms with Crippen LogP contribution in [0.3, 0.4) is 0 Å². The van der Waals surface area contributed by atoms with Gasteiger partial charge in [-0.3, -0.25) is 19.2 Å². The fourth-order valence-electron chi connectivity index (χ4n) is 6.71. The third-order valence-corrected chi connectivity index (χ3v) is 9.48. The normalized spacial score (nSPS) is 17.9. The Morgan fingerprint density at radius 2 is 1.31 bits per heavy atom. The second-order valence-corrected chi connectivity index (χ2v) is 14.0. The number of hydrogen-bond donors (Lipinski definition) is 6. The highest BCUT2D eigenvalue weighted by Gasteiger charge is 2.47. The van der Waals surface area contributed by atoms with Gasteiger partial charge in [0.15, 0.2) is 0 Å². The van der Waals surface area contributed by atoms with Gasteiger partial charge >= 0.3 is 0 Å². The summed E-state index contributed by atoms with van der Waals surface area (Å²) in [4.78, 5) is 56.6. The molecule has 48 heavy (non-hydrogen) atoms. The molecule has 0 unspecified atom stereocenters. The quantitative estimate of drug-likeness (QED) is 0.140. The number of hydrogen-bond acceptors (Lipinski definition) is 7. The molecular formula is C37H55N7O4. The van der Waals surface area contributed by atoms with Gasteiger partial charge in [0, 0.05) is 24.9 Å². The summed E-state index contributed by atoms with van der Waals surface area (Å²) in [5.74, 6) is -1.36. The third kappa shape index (κ3) is 10.9. The van der Waals surface area contributed by atoms with Gasteiger partial charge in [0.1, 0.15) is 18.1 Å². The molecule has 2 aliphatic rings. The molecule has 0 aliphatic carbocycles. The molecule has 1 spiro atoms. The minimum Gasteiger partial charge on any atom is -0.343 e. The van der Waals surface area contributed by atoms with Crippen molar-refractivity contribution in [2.75, 3.05) is 32.7 Å². The van der Waals surface area contributed by atoms with Crippen LogP contribution in [0.25, 0.3) is 0 Å². The number of piperidine rings is 1. The van der Waals surface area contributed by atoms with Gasteiger partial charge in [-0.2, -0.15) is 0 Å². The van der Waals surface area contributed by atoms with Crippen LogP contribution in [-0.4, -0.2) is 85.4 Å².